The summed E-state index contributed by atoms with van der Waals surface area (Å²) in [5.74, 6) is -0.362. The van der Waals surface area contributed by atoms with E-state index in [1.807, 2.05) is 45.9 Å². The molecule has 0 bridgehead atoms. The van der Waals surface area contributed by atoms with E-state index in [2.05, 4.69) is 5.32 Å². The number of hydrogen-bond acceptors (Lipinski definition) is 2. The molecule has 0 radical (unpaired) electrons. The quantitative estimate of drug-likeness (QED) is 0.658. The summed E-state index contributed by atoms with van der Waals surface area (Å²) in [5.41, 5.74) is 3.71. The third-order valence-corrected chi connectivity index (χ3v) is 5.54. The highest BCUT2D eigenvalue weighted by atomic mass is 35.5. The third kappa shape index (κ3) is 6.22. The fourth-order valence-corrected chi connectivity index (χ4v) is 3.61. The normalized spacial score (nSPS) is 12.0. The third-order valence-electron chi connectivity index (χ3n) is 4.83. The second-order valence-electron chi connectivity index (χ2n) is 7.67. The Kier molecular flexibility index (Phi) is 8.12. The van der Waals surface area contributed by atoms with E-state index in [0.717, 1.165) is 16.7 Å². The molecular weight excluding hydrogens is 407 g/mol. The fraction of sp³-hybridized carbons (Fsp3) is 0.391. The Morgan fingerprint density at radius 2 is 1.66 bits per heavy atom. The predicted octanol–water partition coefficient (Wildman–Crippen LogP) is 5.09. The summed E-state index contributed by atoms with van der Waals surface area (Å²) in [6, 6.07) is 10.6. The van der Waals surface area contributed by atoms with Crippen LogP contribution in [0.2, 0.25) is 10.0 Å². The summed E-state index contributed by atoms with van der Waals surface area (Å²) < 4.78 is 0. The summed E-state index contributed by atoms with van der Waals surface area (Å²) >= 11 is 12.7. The molecule has 2 amide bonds. The van der Waals surface area contributed by atoms with Crippen molar-refractivity contribution in [2.24, 2.45) is 0 Å². The molecule has 4 nitrogen and oxygen atoms in total. The maximum absolute atomic E-state index is 13.3. The molecule has 1 atom stereocenters. The van der Waals surface area contributed by atoms with Gasteiger partial charge in [0.15, 0.2) is 0 Å². The van der Waals surface area contributed by atoms with Gasteiger partial charge in [0.1, 0.15) is 6.04 Å². The van der Waals surface area contributed by atoms with Crippen molar-refractivity contribution in [3.8, 4) is 0 Å². The van der Waals surface area contributed by atoms with Gasteiger partial charge in [-0.1, -0.05) is 53.0 Å². The van der Waals surface area contributed by atoms with Gasteiger partial charge in [0.25, 0.3) is 0 Å². The Morgan fingerprint density at radius 3 is 2.24 bits per heavy atom. The van der Waals surface area contributed by atoms with E-state index in [1.165, 1.54) is 0 Å². The molecule has 0 saturated carbocycles. The lowest BCUT2D eigenvalue weighted by molar-refractivity contribution is -0.140. The van der Waals surface area contributed by atoms with Gasteiger partial charge in [0.05, 0.1) is 6.42 Å². The standard InChI is InChI=1S/C23H28Cl2N2O2/c1-14(2)26-23(29)17(5)27(13-19-20(24)7-6-8-21(19)25)22(28)12-18-11-15(3)9-10-16(18)4/h6-11,14,17H,12-13H2,1-5H3,(H,26,29)/t17-/m1/s1. The monoisotopic (exact) mass is 434 g/mol. The first-order valence-electron chi connectivity index (χ1n) is 9.69. The topological polar surface area (TPSA) is 49.4 Å². The Bertz CT molecular complexity index is 876. The number of nitrogens with one attached hydrogen (secondary N) is 1. The lowest BCUT2D eigenvalue weighted by Crippen LogP contribution is -2.49. The molecule has 156 valence electrons. The number of carbonyl (C=O) groups excluding carboxylic acids is 2. The fourth-order valence-electron chi connectivity index (χ4n) is 3.10. The second kappa shape index (κ2) is 10.1. The van der Waals surface area contributed by atoms with Crippen LogP contribution in [0.5, 0.6) is 0 Å². The number of benzene rings is 2. The van der Waals surface area contributed by atoms with Crippen LogP contribution in [0.15, 0.2) is 36.4 Å². The Morgan fingerprint density at radius 1 is 1.03 bits per heavy atom. The number of rotatable bonds is 7. The number of halogens is 2. The molecule has 0 saturated heterocycles. The van der Waals surface area contributed by atoms with Gasteiger partial charge in [-0.25, -0.2) is 0 Å². The molecule has 0 spiro atoms. The first-order valence-corrected chi connectivity index (χ1v) is 10.4. The second-order valence-corrected chi connectivity index (χ2v) is 8.48. The van der Waals surface area contributed by atoms with E-state index in [-0.39, 0.29) is 30.8 Å². The zero-order valence-corrected chi connectivity index (χ0v) is 19.1. The van der Waals surface area contributed by atoms with Crippen LogP contribution in [0.3, 0.4) is 0 Å². The first kappa shape index (κ1) is 23.2. The van der Waals surface area contributed by atoms with Crippen molar-refractivity contribution in [1.29, 1.82) is 0 Å². The van der Waals surface area contributed by atoms with Crippen molar-refractivity contribution in [1.82, 2.24) is 10.2 Å². The Labute approximate surface area is 183 Å². The summed E-state index contributed by atoms with van der Waals surface area (Å²) in [5, 5.41) is 3.82. The molecule has 0 fully saturated rings. The number of amides is 2. The molecule has 2 aromatic carbocycles. The molecular formula is C23H28Cl2N2O2. The molecule has 0 aliphatic rings. The largest absolute Gasteiger partial charge is 0.352 e. The van der Waals surface area contributed by atoms with Gasteiger partial charge < -0.3 is 10.2 Å². The van der Waals surface area contributed by atoms with Crippen molar-refractivity contribution in [2.45, 2.75) is 59.7 Å². The molecule has 6 heteroatoms. The molecule has 0 unspecified atom stereocenters. The van der Waals surface area contributed by atoms with Crippen molar-refractivity contribution in [3.63, 3.8) is 0 Å². The molecule has 0 aromatic heterocycles. The molecule has 29 heavy (non-hydrogen) atoms. The first-order chi connectivity index (χ1) is 13.6. The molecule has 2 aromatic rings. The van der Waals surface area contributed by atoms with E-state index < -0.39 is 6.04 Å². The predicted molar refractivity (Wildman–Crippen MR) is 119 cm³/mol. The summed E-state index contributed by atoms with van der Waals surface area (Å²) in [6.07, 6.45) is 0.203. The van der Waals surface area contributed by atoms with Gasteiger partial charge >= 0.3 is 0 Å². The van der Waals surface area contributed by atoms with Gasteiger partial charge in [-0.2, -0.15) is 0 Å². The maximum Gasteiger partial charge on any atom is 0.242 e. The zero-order valence-electron chi connectivity index (χ0n) is 17.6. The minimum absolute atomic E-state index is 0.0233. The zero-order chi connectivity index (χ0) is 21.7. The lowest BCUT2D eigenvalue weighted by Gasteiger charge is -2.30. The molecule has 0 aliphatic carbocycles. The maximum atomic E-state index is 13.3. The smallest absolute Gasteiger partial charge is 0.242 e. The van der Waals surface area contributed by atoms with Crippen molar-refractivity contribution < 1.29 is 9.59 Å². The van der Waals surface area contributed by atoms with E-state index in [4.69, 9.17) is 23.2 Å². The van der Waals surface area contributed by atoms with Crippen molar-refractivity contribution in [3.05, 3.63) is 68.7 Å². The summed E-state index contributed by atoms with van der Waals surface area (Å²) in [6.45, 7) is 9.63. The van der Waals surface area contributed by atoms with Crippen LogP contribution in [-0.2, 0) is 22.6 Å². The average molecular weight is 435 g/mol. The van der Waals surface area contributed by atoms with Crippen LogP contribution >= 0.6 is 23.2 Å². The van der Waals surface area contributed by atoms with Gasteiger partial charge in [0.2, 0.25) is 11.8 Å². The van der Waals surface area contributed by atoms with E-state index in [1.54, 1.807) is 30.0 Å². The highest BCUT2D eigenvalue weighted by Crippen LogP contribution is 2.27. The molecule has 1 N–H and O–H groups in total. The minimum atomic E-state index is -0.664. The van der Waals surface area contributed by atoms with Crippen molar-refractivity contribution >= 4 is 35.0 Å². The number of carbonyl (C=O) groups is 2. The molecule has 0 heterocycles. The highest BCUT2D eigenvalue weighted by molar-refractivity contribution is 6.36. The number of nitrogens with zero attached hydrogens (tertiary/aromatic N) is 1. The van der Waals surface area contributed by atoms with Gasteiger partial charge in [-0.05, 0) is 57.9 Å². The minimum Gasteiger partial charge on any atom is -0.352 e. The van der Waals surface area contributed by atoms with Crippen LogP contribution in [0.25, 0.3) is 0 Å². The Hall–Kier alpha value is -2.04. The van der Waals surface area contributed by atoms with Crippen molar-refractivity contribution in [2.75, 3.05) is 0 Å². The van der Waals surface area contributed by atoms with Gasteiger partial charge in [-0.15, -0.1) is 0 Å². The number of aryl methyl sites for hydroxylation is 2. The Balaban J connectivity index is 2.36. The molecule has 0 aliphatic heterocycles. The van der Waals surface area contributed by atoms with E-state index >= 15 is 0 Å². The van der Waals surface area contributed by atoms with Crippen LogP contribution < -0.4 is 5.32 Å². The van der Waals surface area contributed by atoms with E-state index in [9.17, 15) is 9.59 Å². The number of hydrogen-bond donors (Lipinski definition) is 1. The SMILES string of the molecule is Cc1ccc(C)c(CC(=O)N(Cc2c(Cl)cccc2Cl)[C@H](C)C(=O)NC(C)C)c1. The van der Waals surface area contributed by atoms with Crippen LogP contribution in [0, 0.1) is 13.8 Å². The lowest BCUT2D eigenvalue weighted by atomic mass is 10.0. The van der Waals surface area contributed by atoms with Crippen LogP contribution in [0.1, 0.15) is 43.0 Å². The average Bonchev–Trinajstić information content (AvgIpc) is 2.63. The van der Waals surface area contributed by atoms with Gasteiger partial charge in [-0.3, -0.25) is 9.59 Å². The van der Waals surface area contributed by atoms with E-state index in [0.29, 0.717) is 15.6 Å². The highest BCUT2D eigenvalue weighted by Gasteiger charge is 2.28. The summed E-state index contributed by atoms with van der Waals surface area (Å²) in [4.78, 5) is 27.5. The van der Waals surface area contributed by atoms with Crippen LogP contribution in [-0.4, -0.2) is 28.8 Å². The van der Waals surface area contributed by atoms with Crippen LogP contribution in [0.4, 0.5) is 0 Å². The molecule has 2 rings (SSSR count). The summed E-state index contributed by atoms with van der Waals surface area (Å²) in [7, 11) is 0. The van der Waals surface area contributed by atoms with Gasteiger partial charge in [0, 0.05) is 28.2 Å².